The van der Waals surface area contributed by atoms with Crippen LogP contribution in [0.25, 0.3) is 21.2 Å². The van der Waals surface area contributed by atoms with Gasteiger partial charge in [-0.2, -0.15) is 0 Å². The fourth-order valence-electron chi connectivity index (χ4n) is 4.04. The highest BCUT2D eigenvalue weighted by atomic mass is 35.5. The summed E-state index contributed by atoms with van der Waals surface area (Å²) in [5.41, 5.74) is 10.4. The first-order chi connectivity index (χ1) is 16.7. The number of thiophene rings is 1. The smallest absolute Gasteiger partial charge is 0.133 e. The maximum Gasteiger partial charge on any atom is 0.133 e. The second kappa shape index (κ2) is 10.2. The zero-order valence-electron chi connectivity index (χ0n) is 18.6. The number of halogens is 1. The lowest BCUT2D eigenvalue weighted by Crippen LogP contribution is -2.32. The SMILES string of the molecule is CC#C[C@@H](CC1NN=NN1)c1ccc(OCc2ccc3scc(-c4ccccc4Cl)c3c2)cc1. The van der Waals surface area contributed by atoms with E-state index in [1.807, 2.05) is 37.3 Å². The third-order valence-electron chi connectivity index (χ3n) is 5.76. The lowest BCUT2D eigenvalue weighted by molar-refractivity contribution is 0.306. The Labute approximate surface area is 207 Å². The molecule has 170 valence electrons. The van der Waals surface area contributed by atoms with E-state index in [2.05, 4.69) is 74.9 Å². The number of benzene rings is 3. The molecule has 5 nitrogen and oxygen atoms in total. The van der Waals surface area contributed by atoms with Crippen molar-refractivity contribution in [2.75, 3.05) is 0 Å². The van der Waals surface area contributed by atoms with E-state index in [1.54, 1.807) is 11.3 Å². The minimum atomic E-state index is -0.00976. The van der Waals surface area contributed by atoms with Gasteiger partial charge in [0, 0.05) is 38.6 Å². The maximum absolute atomic E-state index is 6.45. The van der Waals surface area contributed by atoms with Gasteiger partial charge in [-0.05, 0) is 53.8 Å². The molecule has 0 saturated heterocycles. The van der Waals surface area contributed by atoms with Gasteiger partial charge in [0.25, 0.3) is 0 Å². The van der Waals surface area contributed by atoms with E-state index in [4.69, 9.17) is 16.3 Å². The first-order valence-electron chi connectivity index (χ1n) is 11.0. The molecule has 0 aliphatic carbocycles. The Morgan fingerprint density at radius 1 is 1.03 bits per heavy atom. The predicted molar refractivity (Wildman–Crippen MR) is 139 cm³/mol. The van der Waals surface area contributed by atoms with Crippen molar-refractivity contribution in [3.63, 3.8) is 0 Å². The Kier molecular flexibility index (Phi) is 6.66. The fourth-order valence-corrected chi connectivity index (χ4v) is 5.22. The van der Waals surface area contributed by atoms with Crippen LogP contribution in [0, 0.1) is 11.8 Å². The highest BCUT2D eigenvalue weighted by Crippen LogP contribution is 2.38. The largest absolute Gasteiger partial charge is 0.489 e. The van der Waals surface area contributed by atoms with Gasteiger partial charge < -0.3 is 4.74 Å². The number of rotatable bonds is 7. The van der Waals surface area contributed by atoms with Crippen LogP contribution < -0.4 is 15.6 Å². The summed E-state index contributed by atoms with van der Waals surface area (Å²) < 4.78 is 7.34. The van der Waals surface area contributed by atoms with E-state index in [0.717, 1.165) is 39.4 Å². The van der Waals surface area contributed by atoms with Crippen LogP contribution in [-0.4, -0.2) is 6.17 Å². The van der Waals surface area contributed by atoms with Gasteiger partial charge in [-0.15, -0.1) is 17.3 Å². The summed E-state index contributed by atoms with van der Waals surface area (Å²) in [4.78, 5) is 0. The Hall–Kier alpha value is -3.53. The standard InChI is InChI=1S/C27H23ClN4OS/c1-2-5-20(15-27-29-31-32-30-27)19-9-11-21(12-10-19)33-16-18-8-13-26-23(14-18)24(17-34-26)22-6-3-4-7-25(22)28/h3-4,6-14,17,20,27H,15-16H2,1H3,(H,29,32)(H,30,31)/t20-/m0/s1. The molecule has 0 saturated carbocycles. The summed E-state index contributed by atoms with van der Waals surface area (Å²) in [7, 11) is 0. The predicted octanol–water partition coefficient (Wildman–Crippen LogP) is 7.10. The van der Waals surface area contributed by atoms with Gasteiger partial charge in [-0.3, -0.25) is 10.9 Å². The zero-order valence-corrected chi connectivity index (χ0v) is 20.2. The highest BCUT2D eigenvalue weighted by Gasteiger charge is 2.18. The Balaban J connectivity index is 1.29. The van der Waals surface area contributed by atoms with Crippen LogP contribution in [-0.2, 0) is 6.61 Å². The first kappa shape index (κ1) is 22.3. The Morgan fingerprint density at radius 2 is 1.82 bits per heavy atom. The van der Waals surface area contributed by atoms with Gasteiger partial charge in [-0.25, -0.2) is 0 Å². The van der Waals surface area contributed by atoms with Gasteiger partial charge in [0.05, 0.1) is 0 Å². The van der Waals surface area contributed by atoms with Gasteiger partial charge in [-0.1, -0.05) is 64.4 Å². The van der Waals surface area contributed by atoms with Crippen molar-refractivity contribution in [1.29, 1.82) is 0 Å². The van der Waals surface area contributed by atoms with E-state index in [-0.39, 0.29) is 12.1 Å². The maximum atomic E-state index is 6.45. The van der Waals surface area contributed by atoms with Gasteiger partial charge in [0.1, 0.15) is 18.5 Å². The molecule has 7 heteroatoms. The number of ether oxygens (including phenoxy) is 1. The molecule has 3 aromatic carbocycles. The second-order valence-corrected chi connectivity index (χ2v) is 9.33. The average Bonchev–Trinajstić information content (AvgIpc) is 3.53. The molecule has 0 radical (unpaired) electrons. The molecule has 0 unspecified atom stereocenters. The van der Waals surface area contributed by atoms with E-state index < -0.39 is 0 Å². The molecule has 5 rings (SSSR count). The molecular formula is C27H23ClN4OS. The Morgan fingerprint density at radius 3 is 2.59 bits per heavy atom. The van der Waals surface area contributed by atoms with E-state index >= 15 is 0 Å². The van der Waals surface area contributed by atoms with Crippen LogP contribution in [0.4, 0.5) is 0 Å². The van der Waals surface area contributed by atoms with Crippen molar-refractivity contribution in [3.8, 4) is 28.7 Å². The van der Waals surface area contributed by atoms with Crippen molar-refractivity contribution in [2.45, 2.75) is 32.0 Å². The minimum absolute atomic E-state index is 0.00976. The number of nitrogens with zero attached hydrogens (tertiary/aromatic N) is 2. The van der Waals surface area contributed by atoms with Crippen molar-refractivity contribution < 1.29 is 4.74 Å². The molecule has 4 aromatic rings. The van der Waals surface area contributed by atoms with Gasteiger partial charge >= 0.3 is 0 Å². The first-order valence-corrected chi connectivity index (χ1v) is 12.3. The van der Waals surface area contributed by atoms with Crippen LogP contribution in [0.5, 0.6) is 5.75 Å². The van der Waals surface area contributed by atoms with Crippen LogP contribution in [0.2, 0.25) is 5.02 Å². The minimum Gasteiger partial charge on any atom is -0.489 e. The summed E-state index contributed by atoms with van der Waals surface area (Å²) in [5.74, 6) is 7.21. The number of fused-ring (bicyclic) bond motifs is 1. The van der Waals surface area contributed by atoms with Gasteiger partial charge in [0.2, 0.25) is 0 Å². The molecule has 34 heavy (non-hydrogen) atoms. The molecule has 1 aliphatic rings. The van der Waals surface area contributed by atoms with Crippen molar-refractivity contribution in [1.82, 2.24) is 10.9 Å². The number of nitrogens with one attached hydrogen (secondary N) is 2. The summed E-state index contributed by atoms with van der Waals surface area (Å²) in [6.45, 7) is 2.35. The van der Waals surface area contributed by atoms with Crippen molar-refractivity contribution in [3.05, 3.63) is 88.3 Å². The van der Waals surface area contributed by atoms with Crippen LogP contribution in [0.1, 0.15) is 30.4 Å². The molecule has 0 amide bonds. The zero-order chi connectivity index (χ0) is 23.3. The highest BCUT2D eigenvalue weighted by molar-refractivity contribution is 7.17. The van der Waals surface area contributed by atoms with Crippen LogP contribution in [0.3, 0.4) is 0 Å². The van der Waals surface area contributed by atoms with E-state index in [1.165, 1.54) is 10.1 Å². The van der Waals surface area contributed by atoms with Crippen LogP contribution >= 0.6 is 22.9 Å². The lowest BCUT2D eigenvalue weighted by atomic mass is 9.95. The molecule has 1 aromatic heterocycles. The summed E-state index contributed by atoms with van der Waals surface area (Å²) in [6.07, 6.45) is 0.757. The topological polar surface area (TPSA) is 58.0 Å². The summed E-state index contributed by atoms with van der Waals surface area (Å²) in [6, 6.07) is 22.6. The molecule has 1 aliphatic heterocycles. The third kappa shape index (κ3) is 4.86. The van der Waals surface area contributed by atoms with Gasteiger partial charge in [0.15, 0.2) is 0 Å². The van der Waals surface area contributed by atoms with Crippen molar-refractivity contribution in [2.24, 2.45) is 10.4 Å². The fraction of sp³-hybridized carbons (Fsp3) is 0.185. The molecule has 2 heterocycles. The lowest BCUT2D eigenvalue weighted by Gasteiger charge is -2.16. The quantitative estimate of drug-likeness (QED) is 0.274. The van der Waals surface area contributed by atoms with Crippen LogP contribution in [0.15, 0.2) is 82.6 Å². The van der Waals surface area contributed by atoms with E-state index in [0.29, 0.717) is 6.61 Å². The normalized spacial score (nSPS) is 13.7. The molecule has 0 fully saturated rings. The summed E-state index contributed by atoms with van der Waals surface area (Å²) in [5, 5.41) is 11.7. The Bertz CT molecular complexity index is 1380. The van der Waals surface area contributed by atoms with Crippen molar-refractivity contribution >= 4 is 33.0 Å². The molecule has 0 spiro atoms. The number of hydrogen-bond acceptors (Lipinski definition) is 6. The second-order valence-electron chi connectivity index (χ2n) is 8.01. The molecule has 1 atom stereocenters. The summed E-state index contributed by atoms with van der Waals surface area (Å²) >= 11 is 8.18. The molecule has 0 bridgehead atoms. The monoisotopic (exact) mass is 486 g/mol. The average molecular weight is 487 g/mol. The molecular weight excluding hydrogens is 464 g/mol. The number of hydrogen-bond donors (Lipinski definition) is 2. The molecule has 2 N–H and O–H groups in total. The van der Waals surface area contributed by atoms with E-state index in [9.17, 15) is 0 Å². The third-order valence-corrected chi connectivity index (χ3v) is 7.05.